The first-order valence-corrected chi connectivity index (χ1v) is 7.52. The standard InChI is InChI=1S/C12H17ClN2OS/c13-11-9-10(14)3-4-12(11)17(16)8-7-15-5-1-2-6-15/h3-4,9H,1-2,5-8,14H2. The summed E-state index contributed by atoms with van der Waals surface area (Å²) in [5.41, 5.74) is 6.22. The van der Waals surface area contributed by atoms with Gasteiger partial charge in [-0.15, -0.1) is 0 Å². The van der Waals surface area contributed by atoms with E-state index in [0.717, 1.165) is 19.6 Å². The van der Waals surface area contributed by atoms with Gasteiger partial charge in [0.2, 0.25) is 0 Å². The maximum atomic E-state index is 12.1. The van der Waals surface area contributed by atoms with Crippen LogP contribution in [0.4, 0.5) is 5.69 Å². The second kappa shape index (κ2) is 5.85. The van der Waals surface area contributed by atoms with Crippen LogP contribution in [0.2, 0.25) is 5.02 Å². The summed E-state index contributed by atoms with van der Waals surface area (Å²) in [6.45, 7) is 3.15. The lowest BCUT2D eigenvalue weighted by atomic mass is 10.3. The van der Waals surface area contributed by atoms with Crippen LogP contribution in [0.1, 0.15) is 12.8 Å². The molecule has 0 bridgehead atoms. The Morgan fingerprint density at radius 3 is 2.71 bits per heavy atom. The van der Waals surface area contributed by atoms with Crippen LogP contribution in [0.3, 0.4) is 0 Å². The molecule has 0 spiro atoms. The molecule has 3 nitrogen and oxygen atoms in total. The Morgan fingerprint density at radius 1 is 1.35 bits per heavy atom. The van der Waals surface area contributed by atoms with E-state index in [-0.39, 0.29) is 0 Å². The van der Waals surface area contributed by atoms with Gasteiger partial charge in [-0.25, -0.2) is 0 Å². The molecule has 1 aliphatic rings. The van der Waals surface area contributed by atoms with Crippen molar-refractivity contribution >= 4 is 28.1 Å². The van der Waals surface area contributed by atoms with Gasteiger partial charge in [-0.2, -0.15) is 0 Å². The molecule has 94 valence electrons. The van der Waals surface area contributed by atoms with E-state index in [1.807, 2.05) is 0 Å². The van der Waals surface area contributed by atoms with Crippen molar-refractivity contribution in [3.8, 4) is 0 Å². The van der Waals surface area contributed by atoms with Gasteiger partial charge in [0.25, 0.3) is 0 Å². The van der Waals surface area contributed by atoms with Crippen molar-refractivity contribution in [2.75, 3.05) is 31.1 Å². The number of hydrogen-bond acceptors (Lipinski definition) is 3. The van der Waals surface area contributed by atoms with Crippen LogP contribution in [0, 0.1) is 0 Å². The summed E-state index contributed by atoms with van der Waals surface area (Å²) in [5, 5.41) is 0.504. The number of nitrogens with two attached hydrogens (primary N) is 1. The van der Waals surface area contributed by atoms with Crippen molar-refractivity contribution in [2.45, 2.75) is 17.7 Å². The fourth-order valence-corrected chi connectivity index (χ4v) is 3.62. The summed E-state index contributed by atoms with van der Waals surface area (Å²) in [6.07, 6.45) is 2.52. The second-order valence-electron chi connectivity index (χ2n) is 4.29. The van der Waals surface area contributed by atoms with Crippen molar-refractivity contribution < 1.29 is 4.21 Å². The quantitative estimate of drug-likeness (QED) is 0.854. The van der Waals surface area contributed by atoms with Gasteiger partial charge in [-0.05, 0) is 44.1 Å². The van der Waals surface area contributed by atoms with E-state index in [2.05, 4.69) is 4.90 Å². The third-order valence-corrected chi connectivity index (χ3v) is 4.82. The highest BCUT2D eigenvalue weighted by atomic mass is 35.5. The van der Waals surface area contributed by atoms with Crippen LogP contribution < -0.4 is 5.73 Å². The minimum Gasteiger partial charge on any atom is -0.399 e. The van der Waals surface area contributed by atoms with Crippen molar-refractivity contribution in [1.29, 1.82) is 0 Å². The first-order chi connectivity index (χ1) is 8.16. The summed E-state index contributed by atoms with van der Waals surface area (Å²) in [6, 6.07) is 5.16. The number of nitrogen functional groups attached to an aromatic ring is 1. The van der Waals surface area contributed by atoms with E-state index < -0.39 is 10.8 Å². The number of nitrogens with zero attached hydrogens (tertiary/aromatic N) is 1. The minimum atomic E-state index is -1.03. The van der Waals surface area contributed by atoms with Crippen molar-refractivity contribution in [2.24, 2.45) is 0 Å². The lowest BCUT2D eigenvalue weighted by Crippen LogP contribution is -2.24. The maximum absolute atomic E-state index is 12.1. The fraction of sp³-hybridized carbons (Fsp3) is 0.500. The summed E-state index contributed by atoms with van der Waals surface area (Å²) in [4.78, 5) is 3.04. The highest BCUT2D eigenvalue weighted by Gasteiger charge is 2.14. The number of rotatable bonds is 4. The predicted octanol–water partition coefficient (Wildman–Crippen LogP) is 2.13. The van der Waals surface area contributed by atoms with Crippen LogP contribution in [0.25, 0.3) is 0 Å². The molecule has 1 aliphatic heterocycles. The van der Waals surface area contributed by atoms with Crippen LogP contribution >= 0.6 is 11.6 Å². The van der Waals surface area contributed by atoms with E-state index >= 15 is 0 Å². The molecule has 2 N–H and O–H groups in total. The van der Waals surface area contributed by atoms with Gasteiger partial charge in [0, 0.05) is 18.0 Å². The van der Waals surface area contributed by atoms with Crippen LogP contribution in [-0.4, -0.2) is 34.5 Å². The minimum absolute atomic E-state index is 0.504. The first-order valence-electron chi connectivity index (χ1n) is 5.82. The third kappa shape index (κ3) is 3.44. The highest BCUT2D eigenvalue weighted by Crippen LogP contribution is 2.22. The Morgan fingerprint density at radius 2 is 2.06 bits per heavy atom. The average molecular weight is 273 g/mol. The van der Waals surface area contributed by atoms with Crippen molar-refractivity contribution in [3.63, 3.8) is 0 Å². The number of benzene rings is 1. The molecule has 17 heavy (non-hydrogen) atoms. The third-order valence-electron chi connectivity index (χ3n) is 2.99. The summed E-state index contributed by atoms with van der Waals surface area (Å²) in [5.74, 6) is 0.642. The molecular weight excluding hydrogens is 256 g/mol. The van der Waals surface area contributed by atoms with E-state index in [9.17, 15) is 4.21 Å². The Balaban J connectivity index is 1.94. The Hall–Kier alpha value is -0.580. The molecule has 1 aromatic rings. The SMILES string of the molecule is Nc1ccc(S(=O)CCN2CCCC2)c(Cl)c1. The monoisotopic (exact) mass is 272 g/mol. The lowest BCUT2D eigenvalue weighted by molar-refractivity contribution is 0.361. The van der Waals surface area contributed by atoms with Gasteiger partial charge in [-0.1, -0.05) is 11.6 Å². The highest BCUT2D eigenvalue weighted by molar-refractivity contribution is 7.85. The summed E-state index contributed by atoms with van der Waals surface area (Å²) >= 11 is 6.03. The molecule has 0 amide bonds. The van der Waals surface area contributed by atoms with Crippen molar-refractivity contribution in [3.05, 3.63) is 23.2 Å². The molecule has 1 aromatic carbocycles. The predicted molar refractivity (Wildman–Crippen MR) is 72.8 cm³/mol. The number of hydrogen-bond donors (Lipinski definition) is 1. The molecule has 1 saturated heterocycles. The van der Waals surface area contributed by atoms with Gasteiger partial charge in [-0.3, -0.25) is 4.21 Å². The van der Waals surface area contributed by atoms with Crippen molar-refractivity contribution in [1.82, 2.24) is 4.90 Å². The molecule has 1 fully saturated rings. The number of likely N-dealkylation sites (tertiary alicyclic amines) is 1. The van der Waals surface area contributed by atoms with Gasteiger partial charge < -0.3 is 10.6 Å². The Kier molecular flexibility index (Phi) is 4.42. The molecule has 1 unspecified atom stereocenters. The summed E-state index contributed by atoms with van der Waals surface area (Å²) < 4.78 is 12.1. The molecule has 0 aromatic heterocycles. The van der Waals surface area contributed by atoms with E-state index in [0.29, 0.717) is 21.4 Å². The van der Waals surface area contributed by atoms with E-state index in [1.54, 1.807) is 18.2 Å². The summed E-state index contributed by atoms with van der Waals surface area (Å²) in [7, 11) is -1.03. The largest absolute Gasteiger partial charge is 0.399 e. The molecule has 0 saturated carbocycles. The Labute approximate surface area is 109 Å². The molecule has 1 atom stereocenters. The van der Waals surface area contributed by atoms with Gasteiger partial charge in [0.05, 0.1) is 20.7 Å². The van der Waals surface area contributed by atoms with Gasteiger partial charge in [0.1, 0.15) is 0 Å². The zero-order valence-electron chi connectivity index (χ0n) is 9.69. The normalized spacial score (nSPS) is 18.4. The Bertz CT molecular complexity index is 419. The van der Waals surface area contributed by atoms with E-state index in [1.165, 1.54) is 12.8 Å². The van der Waals surface area contributed by atoms with Gasteiger partial charge in [0.15, 0.2) is 0 Å². The van der Waals surface area contributed by atoms with Crippen LogP contribution in [0.15, 0.2) is 23.1 Å². The maximum Gasteiger partial charge on any atom is 0.0587 e. The van der Waals surface area contributed by atoms with Crippen LogP contribution in [-0.2, 0) is 10.8 Å². The molecule has 5 heteroatoms. The topological polar surface area (TPSA) is 46.3 Å². The second-order valence-corrected chi connectivity index (χ2v) is 6.23. The fourth-order valence-electron chi connectivity index (χ4n) is 2.03. The molecule has 1 heterocycles. The average Bonchev–Trinajstić information content (AvgIpc) is 2.78. The van der Waals surface area contributed by atoms with E-state index in [4.69, 9.17) is 17.3 Å². The zero-order chi connectivity index (χ0) is 12.3. The molecule has 2 rings (SSSR count). The first kappa shape index (κ1) is 12.9. The molecular formula is C12H17ClN2OS. The van der Waals surface area contributed by atoms with Gasteiger partial charge >= 0.3 is 0 Å². The lowest BCUT2D eigenvalue weighted by Gasteiger charge is -2.14. The smallest absolute Gasteiger partial charge is 0.0587 e. The molecule has 0 aliphatic carbocycles. The number of anilines is 1. The zero-order valence-corrected chi connectivity index (χ0v) is 11.3. The number of halogens is 1. The van der Waals surface area contributed by atoms with Crippen LogP contribution in [0.5, 0.6) is 0 Å². The molecule has 0 radical (unpaired) electrons.